The van der Waals surface area contributed by atoms with Crippen LogP contribution in [0.2, 0.25) is 0 Å². The van der Waals surface area contributed by atoms with Gasteiger partial charge in [-0.25, -0.2) is 0 Å². The lowest BCUT2D eigenvalue weighted by Gasteiger charge is -1.99. The average molecular weight is 362 g/mol. The lowest BCUT2D eigenvalue weighted by Crippen LogP contribution is -1.99. The molecule has 0 fully saturated rings. The van der Waals surface area contributed by atoms with Crippen molar-refractivity contribution in [1.82, 2.24) is 19.8 Å². The number of methoxy groups -OCH3 is 1. The second-order valence-electron chi connectivity index (χ2n) is 5.84. The van der Waals surface area contributed by atoms with Crippen LogP contribution < -0.4 is 4.74 Å². The highest BCUT2D eigenvalue weighted by molar-refractivity contribution is 7.17. The Bertz CT molecular complexity index is 1020. The second kappa shape index (κ2) is 7.49. The molecule has 0 saturated heterocycles. The minimum absolute atomic E-state index is 0.816. The van der Waals surface area contributed by atoms with Crippen molar-refractivity contribution in [2.45, 2.75) is 12.8 Å². The van der Waals surface area contributed by atoms with Crippen LogP contribution in [0.3, 0.4) is 0 Å². The molecule has 0 bridgehead atoms. The van der Waals surface area contributed by atoms with Gasteiger partial charge in [0, 0.05) is 6.42 Å². The third kappa shape index (κ3) is 3.65. The van der Waals surface area contributed by atoms with Gasteiger partial charge in [-0.15, -0.1) is 10.2 Å². The molecule has 0 aliphatic carbocycles. The first-order valence-corrected chi connectivity index (χ1v) is 9.20. The molecule has 26 heavy (non-hydrogen) atoms. The van der Waals surface area contributed by atoms with Crippen LogP contribution >= 0.6 is 11.3 Å². The monoisotopic (exact) mass is 362 g/mol. The van der Waals surface area contributed by atoms with Gasteiger partial charge in [0.2, 0.25) is 4.96 Å². The molecule has 0 aliphatic rings. The Labute approximate surface area is 155 Å². The first kappa shape index (κ1) is 16.5. The van der Waals surface area contributed by atoms with Gasteiger partial charge in [-0.1, -0.05) is 59.9 Å². The Kier molecular flexibility index (Phi) is 4.75. The van der Waals surface area contributed by atoms with Gasteiger partial charge >= 0.3 is 0 Å². The molecular weight excluding hydrogens is 344 g/mol. The van der Waals surface area contributed by atoms with Crippen molar-refractivity contribution in [3.63, 3.8) is 0 Å². The SMILES string of the molecule is COc1ccc(/C=C/c2nn3c(CCc4ccccc4)nnc3s2)cc1. The number of aromatic nitrogens is 4. The maximum atomic E-state index is 5.18. The predicted octanol–water partition coefficient (Wildman–Crippen LogP) is 4.15. The molecule has 5 nitrogen and oxygen atoms in total. The molecule has 2 heterocycles. The summed E-state index contributed by atoms with van der Waals surface area (Å²) in [7, 11) is 1.67. The van der Waals surface area contributed by atoms with Crippen LogP contribution in [0.25, 0.3) is 17.1 Å². The second-order valence-corrected chi connectivity index (χ2v) is 6.83. The van der Waals surface area contributed by atoms with E-state index in [1.807, 2.05) is 47.0 Å². The van der Waals surface area contributed by atoms with E-state index in [1.165, 1.54) is 16.9 Å². The van der Waals surface area contributed by atoms with Crippen LogP contribution in [0.4, 0.5) is 0 Å². The molecule has 0 N–H and O–H groups in total. The summed E-state index contributed by atoms with van der Waals surface area (Å²) < 4.78 is 7.03. The van der Waals surface area contributed by atoms with Crippen molar-refractivity contribution in [2.24, 2.45) is 0 Å². The van der Waals surface area contributed by atoms with Gasteiger partial charge in [-0.2, -0.15) is 9.61 Å². The lowest BCUT2D eigenvalue weighted by molar-refractivity contribution is 0.415. The van der Waals surface area contributed by atoms with Gasteiger partial charge < -0.3 is 4.74 Å². The van der Waals surface area contributed by atoms with E-state index in [-0.39, 0.29) is 0 Å². The van der Waals surface area contributed by atoms with Crippen molar-refractivity contribution in [3.05, 3.63) is 76.6 Å². The molecule has 0 amide bonds. The smallest absolute Gasteiger partial charge is 0.234 e. The zero-order chi connectivity index (χ0) is 17.8. The molecule has 0 unspecified atom stereocenters. The molecule has 4 aromatic rings. The zero-order valence-electron chi connectivity index (χ0n) is 14.4. The maximum Gasteiger partial charge on any atom is 0.234 e. The summed E-state index contributed by atoms with van der Waals surface area (Å²) in [6, 6.07) is 18.3. The number of fused-ring (bicyclic) bond motifs is 1. The number of ether oxygens (including phenoxy) is 1. The van der Waals surface area contributed by atoms with Crippen LogP contribution in [-0.2, 0) is 12.8 Å². The number of rotatable bonds is 6. The Balaban J connectivity index is 1.49. The summed E-state index contributed by atoms with van der Waals surface area (Å²) >= 11 is 1.53. The Morgan fingerprint density at radius 1 is 0.962 bits per heavy atom. The largest absolute Gasteiger partial charge is 0.497 e. The molecule has 0 radical (unpaired) electrons. The van der Waals surface area contributed by atoms with Crippen molar-refractivity contribution in [3.8, 4) is 5.75 Å². The number of hydrogen-bond acceptors (Lipinski definition) is 5. The summed E-state index contributed by atoms with van der Waals surface area (Å²) in [4.78, 5) is 0.822. The van der Waals surface area contributed by atoms with Crippen molar-refractivity contribution < 1.29 is 4.74 Å². The first-order chi connectivity index (χ1) is 12.8. The van der Waals surface area contributed by atoms with E-state index >= 15 is 0 Å². The number of hydrogen-bond donors (Lipinski definition) is 0. The Hall–Kier alpha value is -2.99. The minimum Gasteiger partial charge on any atom is -0.497 e. The summed E-state index contributed by atoms with van der Waals surface area (Å²) in [5.74, 6) is 1.74. The summed E-state index contributed by atoms with van der Waals surface area (Å²) in [5.41, 5.74) is 2.39. The van der Waals surface area contributed by atoms with Crippen LogP contribution in [0.15, 0.2) is 54.6 Å². The maximum absolute atomic E-state index is 5.18. The van der Waals surface area contributed by atoms with Crippen LogP contribution in [0.5, 0.6) is 5.75 Å². The highest BCUT2D eigenvalue weighted by Gasteiger charge is 2.10. The minimum atomic E-state index is 0.816. The highest BCUT2D eigenvalue weighted by atomic mass is 32.1. The third-order valence-corrected chi connectivity index (χ3v) is 4.95. The number of nitrogens with zero attached hydrogens (tertiary/aromatic N) is 4. The third-order valence-electron chi connectivity index (χ3n) is 4.09. The van der Waals surface area contributed by atoms with E-state index in [1.54, 1.807) is 7.11 Å². The van der Waals surface area contributed by atoms with E-state index in [4.69, 9.17) is 4.74 Å². The molecule has 0 aliphatic heterocycles. The fourth-order valence-corrected chi connectivity index (χ4v) is 3.44. The van der Waals surface area contributed by atoms with Crippen molar-refractivity contribution >= 4 is 28.4 Å². The van der Waals surface area contributed by atoms with Crippen molar-refractivity contribution in [1.29, 1.82) is 0 Å². The molecule has 0 spiro atoms. The predicted molar refractivity (Wildman–Crippen MR) is 104 cm³/mol. The van der Waals surface area contributed by atoms with Gasteiger partial charge in [0.15, 0.2) is 5.82 Å². The molecule has 0 atom stereocenters. The fourth-order valence-electron chi connectivity index (χ4n) is 2.68. The lowest BCUT2D eigenvalue weighted by atomic mass is 10.1. The van der Waals surface area contributed by atoms with Crippen LogP contribution in [0.1, 0.15) is 22.0 Å². The first-order valence-electron chi connectivity index (χ1n) is 8.39. The zero-order valence-corrected chi connectivity index (χ0v) is 15.2. The fraction of sp³-hybridized carbons (Fsp3) is 0.150. The molecule has 6 heteroatoms. The van der Waals surface area contributed by atoms with Gasteiger partial charge in [0.25, 0.3) is 0 Å². The highest BCUT2D eigenvalue weighted by Crippen LogP contribution is 2.18. The summed E-state index contributed by atoms with van der Waals surface area (Å²) in [6.45, 7) is 0. The summed E-state index contributed by atoms with van der Waals surface area (Å²) in [6.07, 6.45) is 5.78. The van der Waals surface area contributed by atoms with E-state index in [0.29, 0.717) is 0 Å². The summed E-state index contributed by atoms with van der Waals surface area (Å²) in [5, 5.41) is 14.1. The van der Waals surface area contributed by atoms with Crippen LogP contribution in [-0.4, -0.2) is 26.9 Å². The van der Waals surface area contributed by atoms with Gasteiger partial charge in [0.05, 0.1) is 7.11 Å². The van der Waals surface area contributed by atoms with E-state index in [2.05, 4.69) is 39.6 Å². The van der Waals surface area contributed by atoms with Gasteiger partial charge in [-0.3, -0.25) is 0 Å². The van der Waals surface area contributed by atoms with E-state index in [0.717, 1.165) is 39.9 Å². The van der Waals surface area contributed by atoms with Crippen LogP contribution in [0, 0.1) is 0 Å². The molecule has 2 aromatic heterocycles. The van der Waals surface area contributed by atoms with E-state index in [9.17, 15) is 0 Å². The Morgan fingerprint density at radius 3 is 2.54 bits per heavy atom. The topological polar surface area (TPSA) is 52.3 Å². The molecule has 4 rings (SSSR count). The molecule has 130 valence electrons. The number of benzene rings is 2. The Morgan fingerprint density at radius 2 is 1.77 bits per heavy atom. The van der Waals surface area contributed by atoms with Gasteiger partial charge in [0.1, 0.15) is 10.8 Å². The quantitative estimate of drug-likeness (QED) is 0.517. The number of aryl methyl sites for hydroxylation is 2. The molecule has 0 saturated carbocycles. The standard InChI is InChI=1S/C20H18N4OS/c1-25-17-11-7-16(8-12-17)10-14-19-23-24-18(21-22-20(24)26-19)13-9-15-5-3-2-4-6-15/h2-8,10-12,14H,9,13H2,1H3/b14-10+. The van der Waals surface area contributed by atoms with E-state index < -0.39 is 0 Å². The molecule has 2 aromatic carbocycles. The average Bonchev–Trinajstić information content (AvgIpc) is 3.26. The molecular formula is C20H18N4OS. The normalized spacial score (nSPS) is 11.4. The van der Waals surface area contributed by atoms with Gasteiger partial charge in [-0.05, 0) is 35.8 Å². The van der Waals surface area contributed by atoms with Crippen molar-refractivity contribution in [2.75, 3.05) is 7.11 Å².